The summed E-state index contributed by atoms with van der Waals surface area (Å²) in [6, 6.07) is 23.8. The molecule has 1 heterocycles. The Morgan fingerprint density at radius 2 is 1.77 bits per heavy atom. The lowest BCUT2D eigenvalue weighted by Gasteiger charge is -2.23. The van der Waals surface area contributed by atoms with E-state index in [0.717, 1.165) is 35.4 Å². The Bertz CT molecular complexity index is 1260. The summed E-state index contributed by atoms with van der Waals surface area (Å²) in [4.78, 5) is 20.7. The van der Waals surface area contributed by atoms with E-state index in [1.165, 1.54) is 5.56 Å². The molecule has 1 amide bonds. The van der Waals surface area contributed by atoms with Crippen molar-refractivity contribution < 1.29 is 4.79 Å². The fraction of sp³-hybridized carbons (Fsp3) is 0.125. The van der Waals surface area contributed by atoms with E-state index in [4.69, 9.17) is 12.2 Å². The summed E-state index contributed by atoms with van der Waals surface area (Å²) in [7, 11) is 0. The van der Waals surface area contributed by atoms with Crippen molar-refractivity contribution in [2.24, 2.45) is 5.10 Å². The van der Waals surface area contributed by atoms with Crippen molar-refractivity contribution in [3.8, 4) is 0 Å². The van der Waals surface area contributed by atoms with E-state index in [-0.39, 0.29) is 5.91 Å². The van der Waals surface area contributed by atoms with Gasteiger partial charge in [-0.25, -0.2) is 5.43 Å². The number of H-pyrrole nitrogens is 2. The molecule has 6 nitrogen and oxygen atoms in total. The van der Waals surface area contributed by atoms with Crippen LogP contribution in [0.15, 0.2) is 77.9 Å². The number of anilines is 1. The van der Waals surface area contributed by atoms with Gasteiger partial charge in [0.05, 0.1) is 17.2 Å². The summed E-state index contributed by atoms with van der Waals surface area (Å²) in [5.74, 6) is -0.282. The number of imidazole rings is 1. The van der Waals surface area contributed by atoms with Gasteiger partial charge in [0, 0.05) is 24.3 Å². The van der Waals surface area contributed by atoms with Crippen LogP contribution in [0.3, 0.4) is 0 Å². The number of nitrogens with zero attached hydrogens (tertiary/aromatic N) is 2. The molecule has 0 atom stereocenters. The van der Waals surface area contributed by atoms with E-state index in [0.29, 0.717) is 10.3 Å². The maximum Gasteiger partial charge on any atom is 0.271 e. The van der Waals surface area contributed by atoms with Gasteiger partial charge in [-0.2, -0.15) is 5.10 Å². The molecule has 7 heteroatoms. The number of hydrazone groups is 1. The molecule has 3 N–H and O–H groups in total. The van der Waals surface area contributed by atoms with Crippen molar-refractivity contribution in [2.75, 3.05) is 11.4 Å². The normalized spacial score (nSPS) is 11.1. The Morgan fingerprint density at radius 1 is 1.03 bits per heavy atom. The highest BCUT2D eigenvalue weighted by Crippen LogP contribution is 2.17. The average molecular weight is 430 g/mol. The van der Waals surface area contributed by atoms with Crippen molar-refractivity contribution in [3.63, 3.8) is 0 Å². The van der Waals surface area contributed by atoms with Crippen LogP contribution in [0.2, 0.25) is 0 Å². The van der Waals surface area contributed by atoms with Crippen LogP contribution >= 0.6 is 12.2 Å². The number of fused-ring (bicyclic) bond motifs is 1. The van der Waals surface area contributed by atoms with Crippen molar-refractivity contribution in [3.05, 3.63) is 94.3 Å². The van der Waals surface area contributed by atoms with E-state index in [2.05, 4.69) is 68.7 Å². The average Bonchev–Trinajstić information content (AvgIpc) is 3.18. The zero-order valence-corrected chi connectivity index (χ0v) is 17.9. The van der Waals surface area contributed by atoms with Crippen LogP contribution < -0.4 is 10.3 Å². The number of benzene rings is 3. The number of aromatic amines is 2. The Hall–Kier alpha value is -3.71. The van der Waals surface area contributed by atoms with Crippen LogP contribution in [-0.2, 0) is 6.54 Å². The van der Waals surface area contributed by atoms with Gasteiger partial charge in [-0.15, -0.1) is 0 Å². The monoisotopic (exact) mass is 429 g/mol. The zero-order chi connectivity index (χ0) is 21.6. The van der Waals surface area contributed by atoms with Crippen molar-refractivity contribution >= 4 is 41.1 Å². The molecular weight excluding hydrogens is 406 g/mol. The molecular formula is C24H23N5OS. The third-order valence-corrected chi connectivity index (χ3v) is 5.22. The molecule has 4 rings (SSSR count). The molecule has 31 heavy (non-hydrogen) atoms. The third kappa shape index (κ3) is 5.07. The first-order chi connectivity index (χ1) is 15.1. The topological polar surface area (TPSA) is 76.3 Å². The highest BCUT2D eigenvalue weighted by atomic mass is 32.1. The summed E-state index contributed by atoms with van der Waals surface area (Å²) in [6.45, 7) is 3.91. The molecule has 0 aliphatic carbocycles. The minimum atomic E-state index is -0.282. The highest BCUT2D eigenvalue weighted by Gasteiger charge is 2.07. The van der Waals surface area contributed by atoms with Gasteiger partial charge in [0.2, 0.25) is 0 Å². The number of aromatic nitrogens is 2. The van der Waals surface area contributed by atoms with Gasteiger partial charge in [0.25, 0.3) is 5.91 Å². The fourth-order valence-corrected chi connectivity index (χ4v) is 3.58. The minimum absolute atomic E-state index is 0.282. The Morgan fingerprint density at radius 3 is 2.52 bits per heavy atom. The third-order valence-electron chi connectivity index (χ3n) is 5.01. The highest BCUT2D eigenvalue weighted by molar-refractivity contribution is 7.71. The van der Waals surface area contributed by atoms with E-state index in [1.807, 2.05) is 24.3 Å². The van der Waals surface area contributed by atoms with Crippen LogP contribution in [0.4, 0.5) is 5.69 Å². The molecule has 0 aliphatic rings. The lowest BCUT2D eigenvalue weighted by atomic mass is 10.1. The molecule has 0 spiro atoms. The van der Waals surface area contributed by atoms with Gasteiger partial charge in [-0.1, -0.05) is 42.5 Å². The van der Waals surface area contributed by atoms with Crippen LogP contribution in [0, 0.1) is 4.77 Å². The molecule has 0 saturated carbocycles. The first-order valence-corrected chi connectivity index (χ1v) is 10.5. The summed E-state index contributed by atoms with van der Waals surface area (Å²) in [5.41, 5.74) is 8.05. The van der Waals surface area contributed by atoms with E-state index in [1.54, 1.807) is 18.3 Å². The Kier molecular flexibility index (Phi) is 6.24. The van der Waals surface area contributed by atoms with Gasteiger partial charge in [0.15, 0.2) is 4.77 Å². The molecule has 3 aromatic carbocycles. The minimum Gasteiger partial charge on any atom is -0.367 e. The van der Waals surface area contributed by atoms with Gasteiger partial charge < -0.3 is 14.9 Å². The fourth-order valence-electron chi connectivity index (χ4n) is 3.36. The second-order valence-electron chi connectivity index (χ2n) is 7.13. The van der Waals surface area contributed by atoms with E-state index in [9.17, 15) is 4.79 Å². The summed E-state index contributed by atoms with van der Waals surface area (Å²) < 4.78 is 0.527. The van der Waals surface area contributed by atoms with Crippen LogP contribution in [0.25, 0.3) is 11.0 Å². The second-order valence-corrected chi connectivity index (χ2v) is 7.54. The predicted octanol–water partition coefficient (Wildman–Crippen LogP) is 5.02. The molecule has 0 radical (unpaired) electrons. The number of hydrogen-bond donors (Lipinski definition) is 3. The first kappa shape index (κ1) is 20.6. The number of amides is 1. The largest absolute Gasteiger partial charge is 0.367 e. The molecule has 0 unspecified atom stereocenters. The van der Waals surface area contributed by atoms with Crippen LogP contribution in [0.5, 0.6) is 0 Å². The van der Waals surface area contributed by atoms with Gasteiger partial charge in [0.1, 0.15) is 0 Å². The van der Waals surface area contributed by atoms with Crippen molar-refractivity contribution in [2.45, 2.75) is 13.5 Å². The Balaban J connectivity index is 1.38. The second kappa shape index (κ2) is 9.40. The SMILES string of the molecule is CCN(Cc1ccccc1)c1ccc(/C=N\NC(=O)c2ccc3[nH]c(=S)[nH]c3c2)cc1. The lowest BCUT2D eigenvalue weighted by Crippen LogP contribution is -2.21. The van der Waals surface area contributed by atoms with E-state index >= 15 is 0 Å². The maximum atomic E-state index is 12.4. The number of rotatable bonds is 7. The van der Waals surface area contributed by atoms with Gasteiger partial charge in [-0.3, -0.25) is 4.79 Å². The molecule has 0 fully saturated rings. The zero-order valence-electron chi connectivity index (χ0n) is 17.1. The van der Waals surface area contributed by atoms with Crippen molar-refractivity contribution in [1.82, 2.24) is 15.4 Å². The summed E-state index contributed by atoms with van der Waals surface area (Å²) >= 11 is 5.07. The summed E-state index contributed by atoms with van der Waals surface area (Å²) in [5, 5.41) is 4.09. The smallest absolute Gasteiger partial charge is 0.271 e. The maximum absolute atomic E-state index is 12.4. The number of hydrogen-bond acceptors (Lipinski definition) is 4. The Labute approximate surface area is 185 Å². The van der Waals surface area contributed by atoms with Crippen LogP contribution in [0.1, 0.15) is 28.4 Å². The van der Waals surface area contributed by atoms with Crippen molar-refractivity contribution in [1.29, 1.82) is 0 Å². The van der Waals surface area contributed by atoms with E-state index < -0.39 is 0 Å². The molecule has 4 aromatic rings. The number of carbonyl (C=O) groups excluding carboxylic acids is 1. The number of carbonyl (C=O) groups is 1. The first-order valence-electron chi connectivity index (χ1n) is 10.1. The molecule has 0 bridgehead atoms. The summed E-state index contributed by atoms with van der Waals surface area (Å²) in [6.07, 6.45) is 1.64. The molecule has 156 valence electrons. The number of nitrogens with one attached hydrogen (secondary N) is 3. The van der Waals surface area contributed by atoms with Gasteiger partial charge in [-0.05, 0) is 60.6 Å². The molecule has 0 saturated heterocycles. The lowest BCUT2D eigenvalue weighted by molar-refractivity contribution is 0.0955. The molecule has 1 aromatic heterocycles. The quantitative estimate of drug-likeness (QED) is 0.219. The molecule has 0 aliphatic heterocycles. The predicted molar refractivity (Wildman–Crippen MR) is 128 cm³/mol. The van der Waals surface area contributed by atoms with Crippen LogP contribution in [-0.4, -0.2) is 28.6 Å². The standard InChI is InChI=1S/C24H23N5OS/c1-2-29(16-18-6-4-3-5-7-18)20-11-8-17(9-12-20)15-25-28-23(30)19-10-13-21-22(14-19)27-24(31)26-21/h3-15H,2,16H2,1H3,(H,28,30)(H2,26,27,31)/b25-15-. The van der Waals surface area contributed by atoms with Gasteiger partial charge >= 0.3 is 0 Å².